The Morgan fingerprint density at radius 2 is 2.13 bits per heavy atom. The van der Waals surface area contributed by atoms with E-state index < -0.39 is 5.60 Å². The van der Waals surface area contributed by atoms with Crippen LogP contribution >= 0.6 is 0 Å². The number of aryl methyl sites for hydroxylation is 1. The maximum atomic E-state index is 12.1. The molecule has 0 bridgehead atoms. The fraction of sp³-hybridized carbons (Fsp3) is 0.600. The monoisotopic (exact) mass is 318 g/mol. The number of amides is 1. The Labute approximate surface area is 134 Å². The Kier molecular flexibility index (Phi) is 3.83. The van der Waals surface area contributed by atoms with Gasteiger partial charge in [0.2, 0.25) is 0 Å². The number of nitrogens with one attached hydrogen (secondary N) is 1. The van der Waals surface area contributed by atoms with E-state index in [0.717, 1.165) is 23.7 Å². The summed E-state index contributed by atoms with van der Waals surface area (Å²) in [5, 5.41) is 15.8. The molecule has 1 atom stereocenters. The van der Waals surface area contributed by atoms with Gasteiger partial charge in [0.25, 0.3) is 0 Å². The van der Waals surface area contributed by atoms with E-state index in [4.69, 9.17) is 4.74 Å². The highest BCUT2D eigenvalue weighted by Crippen LogP contribution is 2.18. The molecular formula is C15H22N6O2. The molecule has 1 aliphatic heterocycles. The van der Waals surface area contributed by atoms with Crippen LogP contribution < -0.4 is 5.32 Å². The molecule has 2 aromatic rings. The topological polar surface area (TPSA) is 84.7 Å². The van der Waals surface area contributed by atoms with Gasteiger partial charge in [-0.2, -0.15) is 4.52 Å². The first kappa shape index (κ1) is 15.5. The van der Waals surface area contributed by atoms with E-state index in [1.807, 2.05) is 39.8 Å². The van der Waals surface area contributed by atoms with Gasteiger partial charge in [-0.25, -0.2) is 4.79 Å². The van der Waals surface area contributed by atoms with Crippen LogP contribution in [0.25, 0.3) is 5.65 Å². The molecule has 0 aliphatic carbocycles. The molecule has 23 heavy (non-hydrogen) atoms. The number of hydrogen-bond acceptors (Lipinski definition) is 6. The fourth-order valence-corrected chi connectivity index (χ4v) is 2.55. The van der Waals surface area contributed by atoms with Crippen LogP contribution in [0.2, 0.25) is 0 Å². The number of hydrogen-bond donors (Lipinski definition) is 1. The number of carbonyl (C=O) groups is 1. The lowest BCUT2D eigenvalue weighted by Crippen LogP contribution is -2.36. The van der Waals surface area contributed by atoms with Crippen molar-refractivity contribution >= 4 is 17.6 Å². The van der Waals surface area contributed by atoms with E-state index in [9.17, 15) is 4.79 Å². The second kappa shape index (κ2) is 5.68. The van der Waals surface area contributed by atoms with Crippen LogP contribution in [0.3, 0.4) is 0 Å². The lowest BCUT2D eigenvalue weighted by atomic mass is 10.2. The van der Waals surface area contributed by atoms with Gasteiger partial charge in [0, 0.05) is 19.1 Å². The van der Waals surface area contributed by atoms with Crippen molar-refractivity contribution in [2.75, 3.05) is 18.4 Å². The predicted octanol–water partition coefficient (Wildman–Crippen LogP) is 1.85. The Morgan fingerprint density at radius 3 is 2.87 bits per heavy atom. The number of fused-ring (bicyclic) bond motifs is 1. The SMILES string of the molecule is Cc1nnc2ccc(NC3CCN(C(=O)OC(C)(C)C)C3)nn12. The van der Waals surface area contributed by atoms with Gasteiger partial charge in [0.1, 0.15) is 11.4 Å². The zero-order chi connectivity index (χ0) is 16.6. The molecule has 1 aliphatic rings. The quantitative estimate of drug-likeness (QED) is 0.909. The van der Waals surface area contributed by atoms with Gasteiger partial charge in [-0.3, -0.25) is 0 Å². The first-order valence-electron chi connectivity index (χ1n) is 7.75. The molecule has 124 valence electrons. The summed E-state index contributed by atoms with van der Waals surface area (Å²) in [6.45, 7) is 8.76. The molecule has 8 nitrogen and oxygen atoms in total. The van der Waals surface area contributed by atoms with Crippen LogP contribution in [-0.2, 0) is 4.74 Å². The zero-order valence-electron chi connectivity index (χ0n) is 13.9. The summed E-state index contributed by atoms with van der Waals surface area (Å²) in [7, 11) is 0. The fourth-order valence-electron chi connectivity index (χ4n) is 2.55. The average Bonchev–Trinajstić information content (AvgIpc) is 3.05. The third kappa shape index (κ3) is 3.52. The molecule has 0 aromatic carbocycles. The van der Waals surface area contributed by atoms with E-state index in [2.05, 4.69) is 20.6 Å². The third-order valence-corrected chi connectivity index (χ3v) is 3.61. The summed E-state index contributed by atoms with van der Waals surface area (Å²) in [4.78, 5) is 13.8. The first-order valence-corrected chi connectivity index (χ1v) is 7.75. The van der Waals surface area contributed by atoms with Gasteiger partial charge in [0.15, 0.2) is 11.5 Å². The normalized spacial score (nSPS) is 18.4. The number of likely N-dealkylation sites (tertiary alicyclic amines) is 1. The summed E-state index contributed by atoms with van der Waals surface area (Å²) in [5.74, 6) is 1.49. The van der Waals surface area contributed by atoms with Crippen molar-refractivity contribution in [3.63, 3.8) is 0 Å². The van der Waals surface area contributed by atoms with Crippen molar-refractivity contribution < 1.29 is 9.53 Å². The van der Waals surface area contributed by atoms with Crippen LogP contribution in [0.15, 0.2) is 12.1 Å². The van der Waals surface area contributed by atoms with E-state index in [1.54, 1.807) is 9.42 Å². The number of nitrogens with zero attached hydrogens (tertiary/aromatic N) is 5. The maximum absolute atomic E-state index is 12.1. The first-order chi connectivity index (χ1) is 10.8. The van der Waals surface area contributed by atoms with Crippen LogP contribution in [-0.4, -0.2) is 55.5 Å². The molecule has 3 heterocycles. The largest absolute Gasteiger partial charge is 0.444 e. The van der Waals surface area contributed by atoms with Gasteiger partial charge >= 0.3 is 6.09 Å². The second-order valence-corrected chi connectivity index (χ2v) is 6.79. The molecule has 0 radical (unpaired) electrons. The molecule has 0 spiro atoms. The van der Waals surface area contributed by atoms with Crippen molar-refractivity contribution in [3.8, 4) is 0 Å². The highest BCUT2D eigenvalue weighted by molar-refractivity contribution is 5.68. The molecule has 2 aromatic heterocycles. The van der Waals surface area contributed by atoms with Crippen molar-refractivity contribution in [3.05, 3.63) is 18.0 Å². The van der Waals surface area contributed by atoms with E-state index in [-0.39, 0.29) is 12.1 Å². The number of aromatic nitrogens is 4. The predicted molar refractivity (Wildman–Crippen MR) is 85.4 cm³/mol. The molecule has 1 fully saturated rings. The Bertz CT molecular complexity index is 720. The molecule has 1 unspecified atom stereocenters. The van der Waals surface area contributed by atoms with Crippen LogP contribution in [0.1, 0.15) is 33.0 Å². The van der Waals surface area contributed by atoms with Gasteiger partial charge in [-0.05, 0) is 46.2 Å². The summed E-state index contributed by atoms with van der Waals surface area (Å²) in [6.07, 6.45) is 0.597. The summed E-state index contributed by atoms with van der Waals surface area (Å²) >= 11 is 0. The molecule has 1 amide bonds. The second-order valence-electron chi connectivity index (χ2n) is 6.79. The van der Waals surface area contributed by atoms with E-state index >= 15 is 0 Å². The third-order valence-electron chi connectivity index (χ3n) is 3.61. The van der Waals surface area contributed by atoms with Crippen molar-refractivity contribution in [1.82, 2.24) is 24.7 Å². The maximum Gasteiger partial charge on any atom is 0.410 e. The molecule has 8 heteroatoms. The summed E-state index contributed by atoms with van der Waals surface area (Å²) in [5.41, 5.74) is 0.246. The number of rotatable bonds is 2. The minimum absolute atomic E-state index is 0.157. The molecule has 1 N–H and O–H groups in total. The lowest BCUT2D eigenvalue weighted by molar-refractivity contribution is 0.0293. The Hall–Kier alpha value is -2.38. The van der Waals surface area contributed by atoms with E-state index in [1.165, 1.54) is 0 Å². The minimum atomic E-state index is -0.471. The van der Waals surface area contributed by atoms with Crippen molar-refractivity contribution in [2.24, 2.45) is 0 Å². The van der Waals surface area contributed by atoms with E-state index in [0.29, 0.717) is 13.1 Å². The zero-order valence-corrected chi connectivity index (χ0v) is 13.9. The Balaban J connectivity index is 1.62. The Morgan fingerprint density at radius 1 is 1.35 bits per heavy atom. The summed E-state index contributed by atoms with van der Waals surface area (Å²) in [6, 6.07) is 3.90. The van der Waals surface area contributed by atoms with Gasteiger partial charge in [-0.1, -0.05) is 0 Å². The minimum Gasteiger partial charge on any atom is -0.444 e. The molecule has 1 saturated heterocycles. The summed E-state index contributed by atoms with van der Waals surface area (Å²) < 4.78 is 7.10. The van der Waals surface area contributed by atoms with Crippen LogP contribution in [0, 0.1) is 6.92 Å². The molecule has 3 rings (SSSR count). The van der Waals surface area contributed by atoms with Crippen molar-refractivity contribution in [2.45, 2.75) is 45.8 Å². The highest BCUT2D eigenvalue weighted by Gasteiger charge is 2.29. The standard InChI is InChI=1S/C15H22N6O2/c1-10-17-18-13-6-5-12(19-21(10)13)16-11-7-8-20(9-11)14(22)23-15(2,3)4/h5-6,11H,7-9H2,1-4H3,(H,16,19). The number of anilines is 1. The van der Waals surface area contributed by atoms with Crippen LogP contribution in [0.4, 0.5) is 10.6 Å². The highest BCUT2D eigenvalue weighted by atomic mass is 16.6. The van der Waals surface area contributed by atoms with Crippen molar-refractivity contribution in [1.29, 1.82) is 0 Å². The lowest BCUT2D eigenvalue weighted by Gasteiger charge is -2.24. The van der Waals surface area contributed by atoms with Gasteiger partial charge in [0.05, 0.1) is 0 Å². The van der Waals surface area contributed by atoms with Crippen LogP contribution in [0.5, 0.6) is 0 Å². The van der Waals surface area contributed by atoms with Gasteiger partial charge in [-0.15, -0.1) is 15.3 Å². The number of ether oxygens (including phenoxy) is 1. The molecule has 0 saturated carbocycles. The number of carbonyl (C=O) groups excluding carboxylic acids is 1. The smallest absolute Gasteiger partial charge is 0.410 e. The average molecular weight is 318 g/mol. The molecular weight excluding hydrogens is 296 g/mol. The van der Waals surface area contributed by atoms with Gasteiger partial charge < -0.3 is 15.0 Å².